The Bertz CT molecular complexity index is 322. The SMILES string of the molecule is O=C1NCCC1C1CCS(=O)(=O)C1. The van der Waals surface area contributed by atoms with Crippen molar-refractivity contribution in [3.63, 3.8) is 0 Å². The van der Waals surface area contributed by atoms with E-state index in [1.54, 1.807) is 0 Å². The molecule has 0 bridgehead atoms. The lowest BCUT2D eigenvalue weighted by molar-refractivity contribution is -0.123. The van der Waals surface area contributed by atoms with Gasteiger partial charge in [0.15, 0.2) is 9.84 Å². The highest BCUT2D eigenvalue weighted by Gasteiger charge is 2.38. The molecule has 4 nitrogen and oxygen atoms in total. The van der Waals surface area contributed by atoms with Crippen LogP contribution in [0.15, 0.2) is 0 Å². The summed E-state index contributed by atoms with van der Waals surface area (Å²) in [6.45, 7) is 0.708. The number of hydrogen-bond acceptors (Lipinski definition) is 3. The normalized spacial score (nSPS) is 37.7. The lowest BCUT2D eigenvalue weighted by Crippen LogP contribution is -2.25. The topological polar surface area (TPSA) is 63.2 Å². The molecule has 0 aliphatic carbocycles. The first kappa shape index (κ1) is 8.99. The fraction of sp³-hybridized carbons (Fsp3) is 0.875. The highest BCUT2D eigenvalue weighted by molar-refractivity contribution is 7.91. The maximum Gasteiger partial charge on any atom is 0.223 e. The zero-order valence-electron chi connectivity index (χ0n) is 7.32. The van der Waals surface area contributed by atoms with E-state index in [4.69, 9.17) is 0 Å². The largest absolute Gasteiger partial charge is 0.356 e. The summed E-state index contributed by atoms with van der Waals surface area (Å²) < 4.78 is 22.3. The Morgan fingerprint density at radius 1 is 1.31 bits per heavy atom. The van der Waals surface area contributed by atoms with Gasteiger partial charge in [0, 0.05) is 12.5 Å². The van der Waals surface area contributed by atoms with Crippen LogP contribution < -0.4 is 5.32 Å². The van der Waals surface area contributed by atoms with E-state index < -0.39 is 9.84 Å². The standard InChI is InChI=1S/C8H13NO3S/c10-8-7(1-3-9-8)6-2-4-13(11,12)5-6/h6-7H,1-5H2,(H,9,10). The molecule has 2 atom stereocenters. The highest BCUT2D eigenvalue weighted by Crippen LogP contribution is 2.30. The lowest BCUT2D eigenvalue weighted by Gasteiger charge is -2.12. The van der Waals surface area contributed by atoms with Crippen LogP contribution in [0.4, 0.5) is 0 Å². The van der Waals surface area contributed by atoms with E-state index in [2.05, 4.69) is 5.32 Å². The highest BCUT2D eigenvalue weighted by atomic mass is 32.2. The Balaban J connectivity index is 2.07. The van der Waals surface area contributed by atoms with Crippen molar-refractivity contribution < 1.29 is 13.2 Å². The average molecular weight is 203 g/mol. The number of nitrogens with one attached hydrogen (secondary N) is 1. The van der Waals surface area contributed by atoms with Crippen LogP contribution in [0.3, 0.4) is 0 Å². The summed E-state index contributed by atoms with van der Waals surface area (Å²) in [5.41, 5.74) is 0. The first-order valence-corrected chi connectivity index (χ1v) is 6.39. The van der Waals surface area contributed by atoms with Crippen LogP contribution in [0.1, 0.15) is 12.8 Å². The summed E-state index contributed by atoms with van der Waals surface area (Å²) in [6, 6.07) is 0. The van der Waals surface area contributed by atoms with Gasteiger partial charge >= 0.3 is 0 Å². The first-order chi connectivity index (χ1) is 6.08. The predicted molar refractivity (Wildman–Crippen MR) is 47.9 cm³/mol. The summed E-state index contributed by atoms with van der Waals surface area (Å²) in [5, 5.41) is 2.74. The Hall–Kier alpha value is -0.580. The number of amides is 1. The molecule has 0 radical (unpaired) electrons. The van der Waals surface area contributed by atoms with Crippen molar-refractivity contribution in [3.05, 3.63) is 0 Å². The van der Waals surface area contributed by atoms with Gasteiger partial charge in [-0.05, 0) is 18.8 Å². The van der Waals surface area contributed by atoms with Gasteiger partial charge in [-0.2, -0.15) is 0 Å². The van der Waals surface area contributed by atoms with Crippen LogP contribution in [-0.2, 0) is 14.6 Å². The van der Waals surface area contributed by atoms with Crippen molar-refractivity contribution >= 4 is 15.7 Å². The Kier molecular flexibility index (Phi) is 2.06. The molecule has 0 aromatic heterocycles. The molecule has 0 aromatic rings. The van der Waals surface area contributed by atoms with Crippen molar-refractivity contribution in [1.29, 1.82) is 0 Å². The van der Waals surface area contributed by atoms with E-state index in [-0.39, 0.29) is 29.2 Å². The zero-order chi connectivity index (χ0) is 9.47. The second-order valence-electron chi connectivity index (χ2n) is 3.85. The molecule has 74 valence electrons. The Morgan fingerprint density at radius 2 is 2.08 bits per heavy atom. The minimum Gasteiger partial charge on any atom is -0.356 e. The Labute approximate surface area is 77.6 Å². The molecule has 0 aromatic carbocycles. The minimum absolute atomic E-state index is 0.0436. The maximum absolute atomic E-state index is 11.3. The number of rotatable bonds is 1. The van der Waals surface area contributed by atoms with Crippen molar-refractivity contribution in [1.82, 2.24) is 5.32 Å². The smallest absolute Gasteiger partial charge is 0.223 e. The molecule has 13 heavy (non-hydrogen) atoms. The summed E-state index contributed by atoms with van der Waals surface area (Å²) in [5.74, 6) is 0.555. The third-order valence-electron chi connectivity index (χ3n) is 2.93. The monoisotopic (exact) mass is 203 g/mol. The number of carbonyl (C=O) groups is 1. The molecular formula is C8H13NO3S. The number of carbonyl (C=O) groups excluding carboxylic acids is 1. The molecule has 2 saturated heterocycles. The average Bonchev–Trinajstić information content (AvgIpc) is 2.56. The van der Waals surface area contributed by atoms with Crippen LogP contribution in [0, 0.1) is 11.8 Å². The third-order valence-corrected chi connectivity index (χ3v) is 4.72. The second-order valence-corrected chi connectivity index (χ2v) is 6.08. The van der Waals surface area contributed by atoms with E-state index in [0.29, 0.717) is 13.0 Å². The van der Waals surface area contributed by atoms with E-state index in [1.165, 1.54) is 0 Å². The molecule has 2 aliphatic rings. The first-order valence-electron chi connectivity index (χ1n) is 4.57. The van der Waals surface area contributed by atoms with Gasteiger partial charge in [0.05, 0.1) is 11.5 Å². The molecule has 2 aliphatic heterocycles. The number of sulfone groups is 1. The van der Waals surface area contributed by atoms with Crippen LogP contribution in [0.2, 0.25) is 0 Å². The molecular weight excluding hydrogens is 190 g/mol. The van der Waals surface area contributed by atoms with Gasteiger partial charge < -0.3 is 5.32 Å². The molecule has 1 amide bonds. The molecule has 1 N–H and O–H groups in total. The van der Waals surface area contributed by atoms with E-state index in [1.807, 2.05) is 0 Å². The molecule has 0 spiro atoms. The van der Waals surface area contributed by atoms with E-state index in [0.717, 1.165) is 6.42 Å². The van der Waals surface area contributed by atoms with Gasteiger partial charge in [-0.3, -0.25) is 4.79 Å². The van der Waals surface area contributed by atoms with Crippen molar-refractivity contribution in [2.45, 2.75) is 12.8 Å². The van der Waals surface area contributed by atoms with Crippen LogP contribution in [0.5, 0.6) is 0 Å². The maximum atomic E-state index is 11.3. The summed E-state index contributed by atoms with van der Waals surface area (Å²) in [4.78, 5) is 11.3. The van der Waals surface area contributed by atoms with Crippen molar-refractivity contribution in [2.75, 3.05) is 18.1 Å². The van der Waals surface area contributed by atoms with Crippen LogP contribution >= 0.6 is 0 Å². The Morgan fingerprint density at radius 3 is 2.54 bits per heavy atom. The van der Waals surface area contributed by atoms with Crippen LogP contribution in [-0.4, -0.2) is 32.4 Å². The zero-order valence-corrected chi connectivity index (χ0v) is 8.14. The molecule has 2 heterocycles. The lowest BCUT2D eigenvalue weighted by atomic mass is 9.91. The second kappa shape index (κ2) is 2.97. The van der Waals surface area contributed by atoms with Crippen LogP contribution in [0.25, 0.3) is 0 Å². The molecule has 2 fully saturated rings. The molecule has 2 unspecified atom stereocenters. The summed E-state index contributed by atoms with van der Waals surface area (Å²) >= 11 is 0. The van der Waals surface area contributed by atoms with E-state index >= 15 is 0 Å². The molecule has 0 saturated carbocycles. The van der Waals surface area contributed by atoms with E-state index in [9.17, 15) is 13.2 Å². The fourth-order valence-corrected chi connectivity index (χ4v) is 4.08. The molecule has 5 heteroatoms. The predicted octanol–water partition coefficient (Wildman–Crippen LogP) is -0.443. The van der Waals surface area contributed by atoms with Gasteiger partial charge in [-0.15, -0.1) is 0 Å². The fourth-order valence-electron chi connectivity index (χ4n) is 2.20. The quantitative estimate of drug-likeness (QED) is 0.628. The summed E-state index contributed by atoms with van der Waals surface area (Å²) in [7, 11) is -2.84. The van der Waals surface area contributed by atoms with Gasteiger partial charge in [-0.25, -0.2) is 8.42 Å². The van der Waals surface area contributed by atoms with Crippen molar-refractivity contribution in [2.24, 2.45) is 11.8 Å². The molecule has 2 rings (SSSR count). The summed E-state index contributed by atoms with van der Waals surface area (Å²) in [6.07, 6.45) is 1.47. The number of hydrogen-bond donors (Lipinski definition) is 1. The third kappa shape index (κ3) is 1.70. The van der Waals surface area contributed by atoms with Crippen molar-refractivity contribution in [3.8, 4) is 0 Å². The minimum atomic E-state index is -2.84. The van der Waals surface area contributed by atoms with Gasteiger partial charge in [0.25, 0.3) is 0 Å². The van der Waals surface area contributed by atoms with Gasteiger partial charge in [0.2, 0.25) is 5.91 Å². The van der Waals surface area contributed by atoms with Gasteiger partial charge in [0.1, 0.15) is 0 Å². The van der Waals surface area contributed by atoms with Gasteiger partial charge in [-0.1, -0.05) is 0 Å².